The number of hydrogen-bond donors (Lipinski definition) is 4. The van der Waals surface area contributed by atoms with Crippen molar-refractivity contribution in [1.82, 2.24) is 0 Å². The third kappa shape index (κ3) is 28.5. The molecule has 0 aliphatic heterocycles. The van der Waals surface area contributed by atoms with Crippen LogP contribution in [0.2, 0.25) is 0 Å². The summed E-state index contributed by atoms with van der Waals surface area (Å²) in [6.45, 7) is 35.1. The van der Waals surface area contributed by atoms with E-state index in [9.17, 15) is 38.7 Å². The SMILES string of the molecule is C=C1/C(=C\C=C2/CCC[C@@]3(C)C2CC[C@@H]3[C@H](C)/C=C/C(CCC(C)O[PH](=O)OC(C)C)CCC(C)O[PH](=O)OC(C)C)C[C@@H](O)C[C@@H]1O.C=C1C(=CC=C2CCC[C@@]3(C)C2CC[C@@H]3[C@H](C)C=CC(CCCCO[PH](=O)OCCC)CCCCO[PH](=O)OCCC)CC(O)CC1O. The van der Waals surface area contributed by atoms with Gasteiger partial charge in [0.15, 0.2) is 0 Å². The Morgan fingerprint density at radius 3 is 1.23 bits per heavy atom. The summed E-state index contributed by atoms with van der Waals surface area (Å²) >= 11 is 0. The minimum Gasteiger partial charge on any atom is -0.393 e. The molecule has 0 radical (unpaired) electrons. The number of rotatable bonds is 40. The molecule has 0 bridgehead atoms. The van der Waals surface area contributed by atoms with E-state index < -0.39 is 57.4 Å². The highest BCUT2D eigenvalue weighted by molar-refractivity contribution is 7.34. The first-order valence-corrected chi connectivity index (χ1v) is 42.2. The molecule has 96 heavy (non-hydrogen) atoms. The fourth-order valence-corrected chi connectivity index (χ4v) is 19.7. The minimum atomic E-state index is -2.53. The summed E-state index contributed by atoms with van der Waals surface area (Å²) in [5.74, 6) is 3.89. The van der Waals surface area contributed by atoms with Crippen LogP contribution in [0.5, 0.6) is 0 Å². The molecule has 6 aliphatic carbocycles. The summed E-state index contributed by atoms with van der Waals surface area (Å²) in [6, 6.07) is 0. The Balaban J connectivity index is 0.000000347. The normalized spacial score (nSPS) is 31.4. The quantitative estimate of drug-likeness (QED) is 0.0254. The average molecular weight is 1430 g/mol. The summed E-state index contributed by atoms with van der Waals surface area (Å²) in [4.78, 5) is 0. The van der Waals surface area contributed by atoms with Gasteiger partial charge in [-0.2, -0.15) is 0 Å². The summed E-state index contributed by atoms with van der Waals surface area (Å²) in [6.07, 6.45) is 40.0. The highest BCUT2D eigenvalue weighted by Crippen LogP contribution is 2.61. The molecule has 18 atom stereocenters. The minimum absolute atomic E-state index is 0.140. The molecule has 20 heteroatoms. The Kier molecular flexibility index (Phi) is 39.1. The third-order valence-electron chi connectivity index (χ3n) is 21.6. The number of aliphatic hydroxyl groups excluding tert-OH is 4. The molecule has 6 aliphatic rings. The lowest BCUT2D eigenvalue weighted by atomic mass is 9.61. The van der Waals surface area contributed by atoms with Crippen molar-refractivity contribution < 1.29 is 74.9 Å². The first-order valence-electron chi connectivity index (χ1n) is 37.3. The van der Waals surface area contributed by atoms with Gasteiger partial charge in [-0.25, -0.2) is 0 Å². The predicted molar refractivity (Wildman–Crippen MR) is 393 cm³/mol. The zero-order valence-corrected chi connectivity index (χ0v) is 65.2. The Hall–Kier alpha value is -1.64. The van der Waals surface area contributed by atoms with Gasteiger partial charge in [-0.3, -0.25) is 18.3 Å². The van der Waals surface area contributed by atoms with Crippen molar-refractivity contribution in [2.45, 2.75) is 299 Å². The smallest absolute Gasteiger partial charge is 0.319 e. The number of hydrogen-bond acceptors (Lipinski definition) is 16. The first kappa shape index (κ1) is 85.0. The van der Waals surface area contributed by atoms with Crippen LogP contribution in [0, 0.1) is 58.2 Å². The van der Waals surface area contributed by atoms with Gasteiger partial charge < -0.3 is 56.6 Å². The standard InChI is InChI=1S/2C38H66O8P2/c1-25(2)43-47(41)45-28(6)13-16-31(17-14-29(7)46-48(42)44-26(3)4)15-12-27(5)35-20-21-36-32(11-10-22-38(35,36)9)18-19-33-23-34(39)24-37(40)30(33)8;1-6-23-43-47(41)45-25-10-8-13-31(14-9-11-26-46-48(42)44-24-7-2)17-16-29(3)35-20-21-36-32(15-12-22-38(35,36)5)18-19-33-27-34(39)28-37(40)30(33)4/h12,15,18-19,25-29,31,34-37,39-40,47-48H,8,10-11,13-14,16-17,20-24H2,1-7,9H3;16-19,29,31,34-37,39-40,47-48H,4,6-15,20-28H2,1-3,5H3/b15-12+,32-18+,33-19-;/t27-,28?,29?,31?,34-,35-,36?,37+,38-;29-,34?,35-,36?,37?,38-/m11/s1. The molecule has 552 valence electrons. The van der Waals surface area contributed by atoms with E-state index in [0.717, 1.165) is 112 Å². The van der Waals surface area contributed by atoms with Gasteiger partial charge in [0, 0.05) is 12.8 Å². The van der Waals surface area contributed by atoms with Crippen LogP contribution in [0.4, 0.5) is 0 Å². The van der Waals surface area contributed by atoms with E-state index in [1.807, 2.05) is 55.4 Å². The number of unbranched alkanes of at least 4 members (excludes halogenated alkanes) is 2. The van der Waals surface area contributed by atoms with Gasteiger partial charge in [0.25, 0.3) is 0 Å². The van der Waals surface area contributed by atoms with E-state index in [1.54, 1.807) is 0 Å². The lowest BCUT2D eigenvalue weighted by Gasteiger charge is -2.44. The van der Waals surface area contributed by atoms with Gasteiger partial charge >= 0.3 is 33.0 Å². The molecule has 6 rings (SSSR count). The number of aliphatic hydroxyl groups is 4. The molecule has 16 nitrogen and oxygen atoms in total. The molecule has 0 saturated heterocycles. The van der Waals surface area contributed by atoms with Crippen LogP contribution in [0.15, 0.2) is 95.2 Å². The van der Waals surface area contributed by atoms with Crippen LogP contribution in [0.3, 0.4) is 0 Å². The van der Waals surface area contributed by atoms with E-state index in [4.69, 9.17) is 36.2 Å². The maximum Gasteiger partial charge on any atom is 0.319 e. The molecular formula is C76H132O16P4. The first-order chi connectivity index (χ1) is 45.7. The molecule has 4 N–H and O–H groups in total. The molecule has 0 amide bonds. The fourth-order valence-electron chi connectivity index (χ4n) is 16.4. The summed E-state index contributed by atoms with van der Waals surface area (Å²) in [5, 5.41) is 41.0. The molecular weight excluding hydrogens is 1290 g/mol. The molecule has 6 saturated carbocycles. The van der Waals surface area contributed by atoms with Crippen molar-refractivity contribution in [1.29, 1.82) is 0 Å². The lowest BCUT2D eigenvalue weighted by molar-refractivity contribution is 0.0855. The number of fused-ring (bicyclic) bond motifs is 2. The van der Waals surface area contributed by atoms with Gasteiger partial charge in [-0.05, 0) is 263 Å². The van der Waals surface area contributed by atoms with E-state index in [2.05, 4.69) is 89.5 Å². The second-order valence-corrected chi connectivity index (χ2v) is 34.2. The van der Waals surface area contributed by atoms with Gasteiger partial charge in [0.2, 0.25) is 0 Å². The van der Waals surface area contributed by atoms with Gasteiger partial charge in [-0.15, -0.1) is 0 Å². The fraction of sp³-hybridized carbons (Fsp3) is 0.789. The third-order valence-corrected chi connectivity index (χ3v) is 25.9. The van der Waals surface area contributed by atoms with Crippen molar-refractivity contribution in [3.05, 3.63) is 95.2 Å². The van der Waals surface area contributed by atoms with Crippen LogP contribution < -0.4 is 0 Å². The average Bonchev–Trinajstić information content (AvgIpc) is 1.59. The lowest BCUT2D eigenvalue weighted by Crippen LogP contribution is -2.35. The van der Waals surface area contributed by atoms with E-state index in [1.165, 1.54) is 62.5 Å². The number of allylic oxidation sites excluding steroid dienone is 10. The van der Waals surface area contributed by atoms with E-state index in [-0.39, 0.29) is 41.2 Å². The molecule has 0 spiro atoms. The largest absolute Gasteiger partial charge is 0.393 e. The van der Waals surface area contributed by atoms with Crippen molar-refractivity contribution in [2.24, 2.45) is 58.2 Å². The molecule has 0 heterocycles. The Morgan fingerprint density at radius 1 is 0.479 bits per heavy atom. The second-order valence-electron chi connectivity index (χ2n) is 30.1. The second kappa shape index (κ2) is 44.1. The topological polar surface area (TPSA) is 223 Å². The Labute approximate surface area is 583 Å². The van der Waals surface area contributed by atoms with Crippen molar-refractivity contribution in [3.8, 4) is 0 Å². The van der Waals surface area contributed by atoms with Gasteiger partial charge in [0.1, 0.15) is 0 Å². The Bertz CT molecular complexity index is 2590. The molecule has 10 unspecified atom stereocenters. The summed E-state index contributed by atoms with van der Waals surface area (Å²) < 4.78 is 91.5. The highest BCUT2D eigenvalue weighted by atomic mass is 31.1. The van der Waals surface area contributed by atoms with Crippen LogP contribution in [-0.2, 0) is 54.5 Å². The Morgan fingerprint density at radius 2 is 0.854 bits per heavy atom. The molecule has 0 aromatic heterocycles. The predicted octanol–water partition coefficient (Wildman–Crippen LogP) is 19.9. The van der Waals surface area contributed by atoms with Crippen LogP contribution in [0.1, 0.15) is 250 Å². The van der Waals surface area contributed by atoms with Crippen molar-refractivity contribution >= 4 is 33.0 Å². The molecule has 6 fully saturated rings. The summed E-state index contributed by atoms with van der Waals surface area (Å²) in [5.41, 5.74) is 6.94. The van der Waals surface area contributed by atoms with E-state index in [0.29, 0.717) is 93.5 Å². The monoisotopic (exact) mass is 1420 g/mol. The van der Waals surface area contributed by atoms with Crippen LogP contribution in [-0.4, -0.2) is 95.7 Å². The van der Waals surface area contributed by atoms with Gasteiger partial charge in [-0.1, -0.05) is 127 Å². The van der Waals surface area contributed by atoms with Gasteiger partial charge in [0.05, 0.1) is 75.3 Å². The van der Waals surface area contributed by atoms with E-state index >= 15 is 0 Å². The highest BCUT2D eigenvalue weighted by Gasteiger charge is 2.51. The summed E-state index contributed by atoms with van der Waals surface area (Å²) in [7, 11) is -9.85. The molecule has 0 aromatic carbocycles. The van der Waals surface area contributed by atoms with Crippen LogP contribution in [0.25, 0.3) is 0 Å². The zero-order valence-electron chi connectivity index (χ0n) is 61.2. The van der Waals surface area contributed by atoms with Crippen LogP contribution >= 0.6 is 33.0 Å². The van der Waals surface area contributed by atoms with Crippen molar-refractivity contribution in [2.75, 3.05) is 26.4 Å². The zero-order chi connectivity index (χ0) is 70.5. The molecule has 0 aromatic rings. The maximum atomic E-state index is 12.2. The van der Waals surface area contributed by atoms with Crippen molar-refractivity contribution in [3.63, 3.8) is 0 Å². The maximum absolute atomic E-state index is 12.2.